The molecule has 0 saturated carbocycles. The molecule has 0 bridgehead atoms. The van der Waals surface area contributed by atoms with Crippen molar-refractivity contribution >= 4 is 14.6 Å². The van der Waals surface area contributed by atoms with Crippen LogP contribution < -0.4 is 0 Å². The smallest absolute Gasteiger partial charge is 0.192 e. The summed E-state index contributed by atoms with van der Waals surface area (Å²) >= 11 is 0. The number of aldehydes is 1. The van der Waals surface area contributed by atoms with Gasteiger partial charge in [-0.15, -0.1) is 0 Å². The first kappa shape index (κ1) is 12.6. The molecule has 0 aliphatic rings. The minimum Gasteiger partial charge on any atom is -0.413 e. The molecule has 0 heterocycles. The minimum absolute atomic E-state index is 0.238. The van der Waals surface area contributed by atoms with Crippen LogP contribution in [0.4, 0.5) is 0 Å². The molecule has 0 fully saturated rings. The zero-order valence-electron chi connectivity index (χ0n) is 9.26. The van der Waals surface area contributed by atoms with Crippen molar-refractivity contribution in [2.75, 3.05) is 6.61 Å². The van der Waals surface area contributed by atoms with Crippen LogP contribution >= 0.6 is 0 Å². The van der Waals surface area contributed by atoms with Crippen LogP contribution in [0.25, 0.3) is 0 Å². The monoisotopic (exact) mass is 200 g/mol. The average molecular weight is 200 g/mol. The van der Waals surface area contributed by atoms with Crippen molar-refractivity contribution in [3.63, 3.8) is 0 Å². The first-order valence-corrected chi connectivity index (χ1v) is 7.46. The van der Waals surface area contributed by atoms with E-state index in [4.69, 9.17) is 4.43 Å². The molecule has 0 amide bonds. The SMILES string of the molecule is CC(C)(C)[Si](C)(C)OC/C=C/C=O. The van der Waals surface area contributed by atoms with Crippen LogP contribution in [0.2, 0.25) is 18.1 Å². The highest BCUT2D eigenvalue weighted by Gasteiger charge is 2.36. The Morgan fingerprint density at radius 2 is 1.85 bits per heavy atom. The lowest BCUT2D eigenvalue weighted by molar-refractivity contribution is -0.104. The van der Waals surface area contributed by atoms with Crippen molar-refractivity contribution in [2.24, 2.45) is 0 Å². The number of carbonyl (C=O) groups excluding carboxylic acids is 1. The van der Waals surface area contributed by atoms with E-state index in [1.54, 1.807) is 6.08 Å². The molecule has 0 aromatic rings. The Balaban J connectivity index is 4.04. The van der Waals surface area contributed by atoms with E-state index in [1.165, 1.54) is 6.08 Å². The van der Waals surface area contributed by atoms with Gasteiger partial charge in [0, 0.05) is 0 Å². The summed E-state index contributed by atoms with van der Waals surface area (Å²) in [5.41, 5.74) is 0. The summed E-state index contributed by atoms with van der Waals surface area (Å²) in [6.45, 7) is 11.5. The van der Waals surface area contributed by atoms with Gasteiger partial charge in [0.15, 0.2) is 8.32 Å². The molecule has 13 heavy (non-hydrogen) atoms. The normalized spacial score (nSPS) is 13.6. The molecular formula is C10H20O2Si. The molecule has 0 N–H and O–H groups in total. The van der Waals surface area contributed by atoms with Gasteiger partial charge in [-0.1, -0.05) is 26.8 Å². The number of hydrogen-bond donors (Lipinski definition) is 0. The second kappa shape index (κ2) is 4.72. The maximum Gasteiger partial charge on any atom is 0.192 e. The lowest BCUT2D eigenvalue weighted by Gasteiger charge is -2.35. The highest BCUT2D eigenvalue weighted by molar-refractivity contribution is 6.74. The fraction of sp³-hybridized carbons (Fsp3) is 0.700. The van der Waals surface area contributed by atoms with Crippen LogP contribution in [0.15, 0.2) is 12.2 Å². The third kappa shape index (κ3) is 4.38. The first-order chi connectivity index (χ1) is 5.81. The van der Waals surface area contributed by atoms with Crippen molar-refractivity contribution < 1.29 is 9.22 Å². The van der Waals surface area contributed by atoms with Crippen molar-refractivity contribution in [2.45, 2.75) is 38.9 Å². The Hall–Kier alpha value is -0.413. The number of carbonyl (C=O) groups is 1. The Kier molecular flexibility index (Phi) is 4.57. The number of rotatable bonds is 4. The van der Waals surface area contributed by atoms with Crippen LogP contribution in [0.5, 0.6) is 0 Å². The molecule has 0 unspecified atom stereocenters. The van der Waals surface area contributed by atoms with Gasteiger partial charge in [-0.3, -0.25) is 4.79 Å². The largest absolute Gasteiger partial charge is 0.413 e. The molecule has 76 valence electrons. The van der Waals surface area contributed by atoms with Crippen molar-refractivity contribution in [1.82, 2.24) is 0 Å². The molecule has 3 heteroatoms. The summed E-state index contributed by atoms with van der Waals surface area (Å²) in [7, 11) is -1.62. The van der Waals surface area contributed by atoms with E-state index in [0.29, 0.717) is 6.61 Å². The number of allylic oxidation sites excluding steroid dienone is 1. The maximum absolute atomic E-state index is 10.00. The third-order valence-electron chi connectivity index (χ3n) is 2.56. The predicted molar refractivity (Wildman–Crippen MR) is 58.4 cm³/mol. The minimum atomic E-state index is -1.62. The summed E-state index contributed by atoms with van der Waals surface area (Å²) in [5, 5.41) is 0.238. The van der Waals surface area contributed by atoms with Crippen LogP contribution in [-0.4, -0.2) is 21.2 Å². The lowest BCUT2D eigenvalue weighted by atomic mass is 10.2. The van der Waals surface area contributed by atoms with Gasteiger partial charge in [-0.25, -0.2) is 0 Å². The Morgan fingerprint density at radius 3 is 2.23 bits per heavy atom. The first-order valence-electron chi connectivity index (χ1n) is 4.55. The molecule has 0 atom stereocenters. The van der Waals surface area contributed by atoms with Crippen LogP contribution in [-0.2, 0) is 9.22 Å². The van der Waals surface area contributed by atoms with Gasteiger partial charge in [-0.2, -0.15) is 0 Å². The standard InChI is InChI=1S/C10H20O2Si/c1-10(2,3)13(4,5)12-9-7-6-8-11/h6-8H,9H2,1-5H3/b7-6+. The fourth-order valence-electron chi connectivity index (χ4n) is 0.584. The maximum atomic E-state index is 10.00. The average Bonchev–Trinajstić information content (AvgIpc) is 1.96. The van der Waals surface area contributed by atoms with E-state index in [9.17, 15) is 4.79 Å². The van der Waals surface area contributed by atoms with Crippen LogP contribution in [0.1, 0.15) is 20.8 Å². The van der Waals surface area contributed by atoms with Gasteiger partial charge < -0.3 is 4.43 Å². The topological polar surface area (TPSA) is 26.3 Å². The second-order valence-electron chi connectivity index (χ2n) is 4.64. The molecule has 0 aliphatic carbocycles. The summed E-state index contributed by atoms with van der Waals surface area (Å²) in [6, 6.07) is 0. The zero-order valence-corrected chi connectivity index (χ0v) is 10.3. The zero-order chi connectivity index (χ0) is 10.5. The van der Waals surface area contributed by atoms with E-state index in [1.807, 2.05) is 0 Å². The van der Waals surface area contributed by atoms with Gasteiger partial charge in [0.25, 0.3) is 0 Å². The summed E-state index contributed by atoms with van der Waals surface area (Å²) < 4.78 is 5.79. The second-order valence-corrected chi connectivity index (χ2v) is 9.44. The van der Waals surface area contributed by atoms with Gasteiger partial charge in [0.2, 0.25) is 0 Å². The van der Waals surface area contributed by atoms with E-state index in [0.717, 1.165) is 6.29 Å². The summed E-state index contributed by atoms with van der Waals surface area (Å²) in [4.78, 5) is 10.00. The number of hydrogen-bond acceptors (Lipinski definition) is 2. The molecule has 0 saturated heterocycles. The van der Waals surface area contributed by atoms with Gasteiger partial charge in [-0.05, 0) is 24.2 Å². The highest BCUT2D eigenvalue weighted by atomic mass is 28.4. The fourth-order valence-corrected chi connectivity index (χ4v) is 1.53. The Labute approximate surface area is 82.1 Å². The van der Waals surface area contributed by atoms with E-state index >= 15 is 0 Å². The van der Waals surface area contributed by atoms with Crippen LogP contribution in [0, 0.1) is 0 Å². The van der Waals surface area contributed by atoms with Gasteiger partial charge >= 0.3 is 0 Å². The molecular weight excluding hydrogens is 180 g/mol. The molecule has 0 aliphatic heterocycles. The third-order valence-corrected chi connectivity index (χ3v) is 7.06. The van der Waals surface area contributed by atoms with Gasteiger partial charge in [0.05, 0.1) is 6.61 Å². The molecule has 2 nitrogen and oxygen atoms in total. The Bertz CT molecular complexity index is 190. The van der Waals surface area contributed by atoms with E-state index in [2.05, 4.69) is 33.9 Å². The molecule has 0 rings (SSSR count). The molecule has 0 aromatic heterocycles. The van der Waals surface area contributed by atoms with E-state index in [-0.39, 0.29) is 5.04 Å². The summed E-state index contributed by atoms with van der Waals surface area (Å²) in [6.07, 6.45) is 4.01. The van der Waals surface area contributed by atoms with Crippen LogP contribution in [0.3, 0.4) is 0 Å². The van der Waals surface area contributed by atoms with E-state index < -0.39 is 8.32 Å². The van der Waals surface area contributed by atoms with Crippen molar-refractivity contribution in [1.29, 1.82) is 0 Å². The quantitative estimate of drug-likeness (QED) is 0.396. The lowest BCUT2D eigenvalue weighted by Crippen LogP contribution is -2.40. The van der Waals surface area contributed by atoms with Gasteiger partial charge in [0.1, 0.15) is 6.29 Å². The van der Waals surface area contributed by atoms with Crippen molar-refractivity contribution in [3.8, 4) is 0 Å². The highest BCUT2D eigenvalue weighted by Crippen LogP contribution is 2.36. The van der Waals surface area contributed by atoms with Crippen molar-refractivity contribution in [3.05, 3.63) is 12.2 Å². The predicted octanol–water partition coefficient (Wildman–Crippen LogP) is 2.76. The Morgan fingerprint density at radius 1 is 1.31 bits per heavy atom. The summed E-state index contributed by atoms with van der Waals surface area (Å²) in [5.74, 6) is 0. The molecule has 0 spiro atoms. The molecule has 0 radical (unpaired) electrons. The molecule has 0 aromatic carbocycles.